The van der Waals surface area contributed by atoms with Crippen LogP contribution in [0.5, 0.6) is 0 Å². The Morgan fingerprint density at radius 2 is 2.31 bits per heavy atom. The second-order valence-electron chi connectivity index (χ2n) is 5.20. The van der Waals surface area contributed by atoms with Gasteiger partial charge in [0.15, 0.2) is 0 Å². The summed E-state index contributed by atoms with van der Waals surface area (Å²) >= 11 is 0. The third-order valence-corrected chi connectivity index (χ3v) is 2.66. The Hall–Kier alpha value is -1.29. The number of amides is 1. The zero-order chi connectivity index (χ0) is 11.8. The minimum atomic E-state index is -0.368. The fourth-order valence-corrected chi connectivity index (χ4v) is 1.66. The van der Waals surface area contributed by atoms with Crippen LogP contribution < -0.4 is 11.1 Å². The number of hydrogen-bond acceptors (Lipinski definition) is 2. The van der Waals surface area contributed by atoms with Gasteiger partial charge in [-0.05, 0) is 38.8 Å². The van der Waals surface area contributed by atoms with E-state index < -0.39 is 0 Å². The lowest BCUT2D eigenvalue weighted by molar-refractivity contribution is 0.0936. The molecule has 1 heterocycles. The van der Waals surface area contributed by atoms with E-state index in [1.54, 1.807) is 0 Å². The van der Waals surface area contributed by atoms with Gasteiger partial charge in [-0.3, -0.25) is 4.79 Å². The Balaban J connectivity index is 2.00. The van der Waals surface area contributed by atoms with Gasteiger partial charge in [0.05, 0.1) is 0 Å². The van der Waals surface area contributed by atoms with E-state index >= 15 is 0 Å². The zero-order valence-electron chi connectivity index (χ0n) is 9.86. The van der Waals surface area contributed by atoms with Gasteiger partial charge in [0, 0.05) is 24.3 Å². The molecule has 1 aliphatic rings. The molecule has 1 amide bonds. The lowest BCUT2D eigenvalue weighted by Crippen LogP contribution is -2.45. The zero-order valence-corrected chi connectivity index (χ0v) is 9.86. The molecular formula is C12H19N3O. The van der Waals surface area contributed by atoms with Gasteiger partial charge in [-0.25, -0.2) is 0 Å². The third kappa shape index (κ3) is 2.64. The number of nitrogens with one attached hydrogen (secondary N) is 1. The SMILES string of the molecule is CC(C)(N)CNC(=O)c1cccn1C1CC1. The van der Waals surface area contributed by atoms with Gasteiger partial charge in [0.25, 0.3) is 5.91 Å². The summed E-state index contributed by atoms with van der Waals surface area (Å²) in [6, 6.07) is 4.31. The molecule has 4 heteroatoms. The molecule has 0 unspecified atom stereocenters. The van der Waals surface area contributed by atoms with E-state index in [0.29, 0.717) is 12.6 Å². The van der Waals surface area contributed by atoms with Crippen molar-refractivity contribution in [1.29, 1.82) is 0 Å². The van der Waals surface area contributed by atoms with E-state index in [1.165, 1.54) is 12.8 Å². The highest BCUT2D eigenvalue weighted by Gasteiger charge is 2.26. The summed E-state index contributed by atoms with van der Waals surface area (Å²) in [6.07, 6.45) is 4.33. The fraction of sp³-hybridized carbons (Fsp3) is 0.583. The number of nitrogens with two attached hydrogens (primary N) is 1. The molecule has 88 valence electrons. The van der Waals surface area contributed by atoms with Gasteiger partial charge in [0.2, 0.25) is 0 Å². The molecule has 2 rings (SSSR count). The van der Waals surface area contributed by atoms with Gasteiger partial charge in [-0.2, -0.15) is 0 Å². The average molecular weight is 221 g/mol. The molecule has 1 aromatic heterocycles. The standard InChI is InChI=1S/C12H19N3O/c1-12(2,13)8-14-11(16)10-4-3-7-15(10)9-5-6-9/h3-4,7,9H,5-6,8,13H2,1-2H3,(H,14,16). The summed E-state index contributed by atoms with van der Waals surface area (Å²) in [4.78, 5) is 11.9. The first-order valence-corrected chi connectivity index (χ1v) is 5.71. The van der Waals surface area contributed by atoms with Crippen molar-refractivity contribution in [3.8, 4) is 0 Å². The molecule has 0 saturated heterocycles. The molecule has 4 nitrogen and oxygen atoms in total. The van der Waals surface area contributed by atoms with Gasteiger partial charge >= 0.3 is 0 Å². The van der Waals surface area contributed by atoms with Crippen LogP contribution in [-0.2, 0) is 0 Å². The van der Waals surface area contributed by atoms with E-state index in [-0.39, 0.29) is 11.4 Å². The first-order valence-electron chi connectivity index (χ1n) is 5.71. The topological polar surface area (TPSA) is 60.0 Å². The highest BCUT2D eigenvalue weighted by Crippen LogP contribution is 2.35. The van der Waals surface area contributed by atoms with Crippen LogP contribution in [-0.4, -0.2) is 22.6 Å². The highest BCUT2D eigenvalue weighted by atomic mass is 16.1. The van der Waals surface area contributed by atoms with E-state index in [0.717, 1.165) is 5.69 Å². The molecule has 0 bridgehead atoms. The number of nitrogens with zero attached hydrogens (tertiary/aromatic N) is 1. The quantitative estimate of drug-likeness (QED) is 0.805. The number of carbonyl (C=O) groups is 1. The largest absolute Gasteiger partial charge is 0.349 e. The third-order valence-electron chi connectivity index (χ3n) is 2.66. The highest BCUT2D eigenvalue weighted by molar-refractivity contribution is 5.92. The Morgan fingerprint density at radius 1 is 1.62 bits per heavy atom. The smallest absolute Gasteiger partial charge is 0.267 e. The van der Waals surface area contributed by atoms with Crippen molar-refractivity contribution < 1.29 is 4.79 Å². The van der Waals surface area contributed by atoms with Gasteiger partial charge in [-0.1, -0.05) is 0 Å². The Bertz CT molecular complexity index is 385. The van der Waals surface area contributed by atoms with Crippen LogP contribution in [0.2, 0.25) is 0 Å². The molecule has 0 radical (unpaired) electrons. The maximum atomic E-state index is 11.9. The van der Waals surface area contributed by atoms with E-state index in [9.17, 15) is 4.79 Å². The summed E-state index contributed by atoms with van der Waals surface area (Å²) in [6.45, 7) is 4.28. The summed E-state index contributed by atoms with van der Waals surface area (Å²) in [5.74, 6) is -0.0320. The van der Waals surface area contributed by atoms with E-state index in [4.69, 9.17) is 5.73 Å². The van der Waals surface area contributed by atoms with Crippen molar-refractivity contribution in [2.75, 3.05) is 6.54 Å². The molecule has 0 atom stereocenters. The molecule has 0 spiro atoms. The van der Waals surface area contributed by atoms with Gasteiger partial charge in [0.1, 0.15) is 5.69 Å². The number of carbonyl (C=O) groups excluding carboxylic acids is 1. The van der Waals surface area contributed by atoms with Crippen molar-refractivity contribution >= 4 is 5.91 Å². The first-order chi connectivity index (χ1) is 7.47. The van der Waals surface area contributed by atoms with Gasteiger partial charge < -0.3 is 15.6 Å². The molecular weight excluding hydrogens is 202 g/mol. The van der Waals surface area contributed by atoms with Crippen molar-refractivity contribution in [2.45, 2.75) is 38.3 Å². The Morgan fingerprint density at radius 3 is 2.88 bits per heavy atom. The van der Waals surface area contributed by atoms with Crippen LogP contribution in [0.1, 0.15) is 43.2 Å². The first kappa shape index (κ1) is 11.2. The minimum absolute atomic E-state index is 0.0320. The molecule has 3 N–H and O–H groups in total. The molecule has 16 heavy (non-hydrogen) atoms. The monoisotopic (exact) mass is 221 g/mol. The number of aromatic nitrogens is 1. The van der Waals surface area contributed by atoms with Crippen LogP contribution in [0.4, 0.5) is 0 Å². The summed E-state index contributed by atoms with van der Waals surface area (Å²) < 4.78 is 2.05. The van der Waals surface area contributed by atoms with Crippen molar-refractivity contribution in [2.24, 2.45) is 5.73 Å². The second kappa shape index (κ2) is 3.94. The Labute approximate surface area is 95.8 Å². The van der Waals surface area contributed by atoms with E-state index in [2.05, 4.69) is 9.88 Å². The predicted octanol–water partition coefficient (Wildman–Crippen LogP) is 1.29. The van der Waals surface area contributed by atoms with Crippen LogP contribution in [0.15, 0.2) is 18.3 Å². The maximum absolute atomic E-state index is 11.9. The van der Waals surface area contributed by atoms with Crippen molar-refractivity contribution in [3.05, 3.63) is 24.0 Å². The molecule has 1 aromatic rings. The Kier molecular flexibility index (Phi) is 2.76. The van der Waals surface area contributed by atoms with Crippen LogP contribution in [0.3, 0.4) is 0 Å². The molecule has 1 aliphatic carbocycles. The molecule has 1 fully saturated rings. The number of rotatable bonds is 4. The van der Waals surface area contributed by atoms with Crippen molar-refractivity contribution in [1.82, 2.24) is 9.88 Å². The summed E-state index contributed by atoms with van der Waals surface area (Å²) in [5.41, 5.74) is 6.20. The van der Waals surface area contributed by atoms with Crippen molar-refractivity contribution in [3.63, 3.8) is 0 Å². The molecule has 1 saturated carbocycles. The lowest BCUT2D eigenvalue weighted by Gasteiger charge is -2.19. The van der Waals surface area contributed by atoms with Crippen LogP contribution in [0, 0.1) is 0 Å². The molecule has 0 aromatic carbocycles. The van der Waals surface area contributed by atoms with Gasteiger partial charge in [-0.15, -0.1) is 0 Å². The van der Waals surface area contributed by atoms with Crippen LogP contribution >= 0.6 is 0 Å². The lowest BCUT2D eigenvalue weighted by atomic mass is 10.1. The second-order valence-corrected chi connectivity index (χ2v) is 5.20. The fourth-order valence-electron chi connectivity index (χ4n) is 1.66. The van der Waals surface area contributed by atoms with Crippen LogP contribution in [0.25, 0.3) is 0 Å². The molecule has 0 aliphatic heterocycles. The average Bonchev–Trinajstić information content (AvgIpc) is 2.92. The minimum Gasteiger partial charge on any atom is -0.349 e. The normalized spacial score (nSPS) is 16.2. The number of hydrogen-bond donors (Lipinski definition) is 2. The summed E-state index contributed by atoms with van der Waals surface area (Å²) in [5, 5.41) is 2.86. The van der Waals surface area contributed by atoms with E-state index in [1.807, 2.05) is 32.2 Å². The summed E-state index contributed by atoms with van der Waals surface area (Å²) in [7, 11) is 0. The predicted molar refractivity (Wildman–Crippen MR) is 63.3 cm³/mol. The maximum Gasteiger partial charge on any atom is 0.267 e.